The lowest BCUT2D eigenvalue weighted by molar-refractivity contribution is -0.145. The summed E-state index contributed by atoms with van der Waals surface area (Å²) in [7, 11) is 3.57. The first-order valence-electron chi connectivity index (χ1n) is 4.97. The second-order valence-electron chi connectivity index (χ2n) is 4.30. The van der Waals surface area contributed by atoms with E-state index in [1.165, 1.54) is 4.90 Å². The molecule has 0 aromatic rings. The van der Waals surface area contributed by atoms with Crippen LogP contribution in [0.2, 0.25) is 0 Å². The van der Waals surface area contributed by atoms with Gasteiger partial charge in [0.2, 0.25) is 5.91 Å². The molecule has 0 aliphatic carbocycles. The number of rotatable bonds is 6. The van der Waals surface area contributed by atoms with Crippen molar-refractivity contribution in [3.05, 3.63) is 0 Å². The van der Waals surface area contributed by atoms with Crippen LogP contribution in [0.15, 0.2) is 0 Å². The van der Waals surface area contributed by atoms with Crippen molar-refractivity contribution < 1.29 is 14.7 Å². The van der Waals surface area contributed by atoms with E-state index in [0.717, 1.165) is 0 Å². The Morgan fingerprint density at radius 2 is 1.73 bits per heavy atom. The Hall–Kier alpha value is -1.10. The summed E-state index contributed by atoms with van der Waals surface area (Å²) in [6, 6.07) is 0. The van der Waals surface area contributed by atoms with Crippen LogP contribution < -0.4 is 0 Å². The van der Waals surface area contributed by atoms with E-state index < -0.39 is 5.97 Å². The largest absolute Gasteiger partial charge is 0.480 e. The van der Waals surface area contributed by atoms with E-state index in [0.29, 0.717) is 6.54 Å². The first-order chi connectivity index (χ1) is 6.82. The van der Waals surface area contributed by atoms with E-state index in [-0.39, 0.29) is 24.9 Å². The van der Waals surface area contributed by atoms with E-state index in [9.17, 15) is 9.59 Å². The highest BCUT2D eigenvalue weighted by atomic mass is 16.4. The highest BCUT2D eigenvalue weighted by Crippen LogP contribution is 1.99. The molecular formula is C10H20N2O3. The SMILES string of the molecule is CC(C)CN(CC(=O)O)C(=O)CN(C)C. The fraction of sp³-hybridized carbons (Fsp3) is 0.800. The van der Waals surface area contributed by atoms with Crippen LogP contribution in [0.25, 0.3) is 0 Å². The Bertz CT molecular complexity index is 227. The minimum atomic E-state index is -0.970. The summed E-state index contributed by atoms with van der Waals surface area (Å²) in [6.07, 6.45) is 0. The standard InChI is InChI=1S/C10H20N2O3/c1-8(2)5-12(7-10(14)15)9(13)6-11(3)4/h8H,5-7H2,1-4H3,(H,14,15). The number of carboxylic acid groups (broad SMARTS) is 1. The molecule has 0 atom stereocenters. The van der Waals surface area contributed by atoms with Gasteiger partial charge in [0.15, 0.2) is 0 Å². The zero-order chi connectivity index (χ0) is 12.0. The molecule has 0 aromatic heterocycles. The van der Waals surface area contributed by atoms with Crippen molar-refractivity contribution in [3.8, 4) is 0 Å². The predicted octanol–water partition coefficient (Wildman–Crippen LogP) is 0.117. The third kappa shape index (κ3) is 6.90. The lowest BCUT2D eigenvalue weighted by Gasteiger charge is -2.24. The van der Waals surface area contributed by atoms with E-state index in [4.69, 9.17) is 5.11 Å². The number of nitrogens with zero attached hydrogens (tertiary/aromatic N) is 2. The van der Waals surface area contributed by atoms with Crippen LogP contribution in [0.3, 0.4) is 0 Å². The quantitative estimate of drug-likeness (QED) is 0.685. The van der Waals surface area contributed by atoms with Crippen molar-refractivity contribution >= 4 is 11.9 Å². The first-order valence-corrected chi connectivity index (χ1v) is 4.97. The normalized spacial score (nSPS) is 10.8. The van der Waals surface area contributed by atoms with Crippen LogP contribution in [0.5, 0.6) is 0 Å². The Morgan fingerprint density at radius 1 is 1.20 bits per heavy atom. The number of hydrogen-bond acceptors (Lipinski definition) is 3. The van der Waals surface area contributed by atoms with Gasteiger partial charge in [0, 0.05) is 6.54 Å². The molecule has 0 heterocycles. The molecule has 0 bridgehead atoms. The molecule has 0 saturated heterocycles. The molecule has 0 unspecified atom stereocenters. The zero-order valence-electron chi connectivity index (χ0n) is 9.86. The summed E-state index contributed by atoms with van der Waals surface area (Å²) in [5.74, 6) is -0.839. The maximum absolute atomic E-state index is 11.6. The fourth-order valence-electron chi connectivity index (χ4n) is 1.23. The van der Waals surface area contributed by atoms with Crippen LogP contribution in [0.1, 0.15) is 13.8 Å². The topological polar surface area (TPSA) is 60.9 Å². The third-order valence-electron chi connectivity index (χ3n) is 1.72. The number of likely N-dealkylation sites (N-methyl/N-ethyl adjacent to an activating group) is 1. The summed E-state index contributed by atoms with van der Waals surface area (Å²) in [5.41, 5.74) is 0. The van der Waals surface area contributed by atoms with Gasteiger partial charge in [-0.2, -0.15) is 0 Å². The number of carbonyl (C=O) groups excluding carboxylic acids is 1. The summed E-state index contributed by atoms with van der Waals surface area (Å²) < 4.78 is 0. The van der Waals surface area contributed by atoms with Gasteiger partial charge in [-0.3, -0.25) is 9.59 Å². The molecule has 5 nitrogen and oxygen atoms in total. The summed E-state index contributed by atoms with van der Waals surface area (Å²) in [6.45, 7) is 4.43. The molecule has 1 N–H and O–H groups in total. The predicted molar refractivity (Wildman–Crippen MR) is 57.6 cm³/mol. The first kappa shape index (κ1) is 13.9. The molecule has 0 aliphatic rings. The van der Waals surface area contributed by atoms with Crippen LogP contribution in [-0.2, 0) is 9.59 Å². The van der Waals surface area contributed by atoms with Gasteiger partial charge in [0.05, 0.1) is 6.54 Å². The fourth-order valence-corrected chi connectivity index (χ4v) is 1.23. The Morgan fingerprint density at radius 3 is 2.07 bits per heavy atom. The average molecular weight is 216 g/mol. The van der Waals surface area contributed by atoms with Crippen LogP contribution in [0.4, 0.5) is 0 Å². The lowest BCUT2D eigenvalue weighted by atomic mass is 10.2. The van der Waals surface area contributed by atoms with Crippen LogP contribution in [-0.4, -0.2) is 60.5 Å². The van der Waals surface area contributed by atoms with E-state index in [1.54, 1.807) is 19.0 Å². The number of carboxylic acids is 1. The van der Waals surface area contributed by atoms with Crippen LogP contribution in [0, 0.1) is 5.92 Å². The highest BCUT2D eigenvalue weighted by Gasteiger charge is 2.17. The number of carbonyl (C=O) groups is 2. The minimum absolute atomic E-state index is 0.142. The van der Waals surface area contributed by atoms with Crippen molar-refractivity contribution in [2.24, 2.45) is 5.92 Å². The summed E-state index contributed by atoms with van der Waals surface area (Å²) in [4.78, 5) is 25.3. The third-order valence-corrected chi connectivity index (χ3v) is 1.72. The van der Waals surface area contributed by atoms with Crippen LogP contribution >= 0.6 is 0 Å². The number of aliphatic carboxylic acids is 1. The molecule has 0 rings (SSSR count). The van der Waals surface area contributed by atoms with Gasteiger partial charge in [-0.25, -0.2) is 0 Å². The molecule has 0 spiro atoms. The van der Waals surface area contributed by atoms with Gasteiger partial charge >= 0.3 is 5.97 Å². The van der Waals surface area contributed by atoms with Crippen molar-refractivity contribution in [2.75, 3.05) is 33.7 Å². The van der Waals surface area contributed by atoms with Crippen molar-refractivity contribution in [3.63, 3.8) is 0 Å². The Balaban J connectivity index is 4.33. The number of amides is 1. The lowest BCUT2D eigenvalue weighted by Crippen LogP contribution is -2.42. The molecule has 0 radical (unpaired) electrons. The molecule has 0 fully saturated rings. The zero-order valence-corrected chi connectivity index (χ0v) is 9.86. The van der Waals surface area contributed by atoms with Gasteiger partial charge < -0.3 is 14.9 Å². The summed E-state index contributed by atoms with van der Waals surface area (Å²) >= 11 is 0. The van der Waals surface area contributed by atoms with Crippen molar-refractivity contribution in [1.82, 2.24) is 9.80 Å². The Labute approximate surface area is 90.7 Å². The van der Waals surface area contributed by atoms with E-state index in [1.807, 2.05) is 13.8 Å². The van der Waals surface area contributed by atoms with E-state index in [2.05, 4.69) is 0 Å². The van der Waals surface area contributed by atoms with Crippen molar-refractivity contribution in [2.45, 2.75) is 13.8 Å². The molecule has 5 heteroatoms. The maximum Gasteiger partial charge on any atom is 0.323 e. The molecule has 0 aliphatic heterocycles. The maximum atomic E-state index is 11.6. The average Bonchev–Trinajstić information content (AvgIpc) is 1.99. The molecule has 0 aromatic carbocycles. The molecular weight excluding hydrogens is 196 g/mol. The van der Waals surface area contributed by atoms with Gasteiger partial charge in [0.1, 0.15) is 6.54 Å². The minimum Gasteiger partial charge on any atom is -0.480 e. The number of hydrogen-bond donors (Lipinski definition) is 1. The molecule has 88 valence electrons. The monoisotopic (exact) mass is 216 g/mol. The second kappa shape index (κ2) is 6.40. The van der Waals surface area contributed by atoms with Gasteiger partial charge in [0.25, 0.3) is 0 Å². The Kier molecular flexibility index (Phi) is 5.93. The molecule has 15 heavy (non-hydrogen) atoms. The molecule has 1 amide bonds. The van der Waals surface area contributed by atoms with Gasteiger partial charge in [-0.15, -0.1) is 0 Å². The molecule has 0 saturated carbocycles. The van der Waals surface area contributed by atoms with E-state index >= 15 is 0 Å². The van der Waals surface area contributed by atoms with Crippen molar-refractivity contribution in [1.29, 1.82) is 0 Å². The second-order valence-corrected chi connectivity index (χ2v) is 4.30. The summed E-state index contributed by atoms with van der Waals surface area (Å²) in [5, 5.41) is 8.67. The highest BCUT2D eigenvalue weighted by molar-refractivity contribution is 5.82. The smallest absolute Gasteiger partial charge is 0.323 e. The van der Waals surface area contributed by atoms with Gasteiger partial charge in [-0.05, 0) is 20.0 Å². The van der Waals surface area contributed by atoms with Gasteiger partial charge in [-0.1, -0.05) is 13.8 Å².